The molecule has 0 saturated heterocycles. The number of carbonyl (C=O) groups is 1. The Labute approximate surface area is 146 Å². The minimum Gasteiger partial charge on any atom is -0.367 e. The number of hydrogen-bond donors (Lipinski definition) is 0. The molecule has 0 radical (unpaired) electrons. The average Bonchev–Trinajstić information content (AvgIpc) is 3.14. The molecule has 0 aliphatic carbocycles. The number of ether oxygens (including phenoxy) is 1. The van der Waals surface area contributed by atoms with Gasteiger partial charge in [0.1, 0.15) is 6.61 Å². The Balaban J connectivity index is 1.64. The Morgan fingerprint density at radius 1 is 0.917 bits per heavy atom. The van der Waals surface area contributed by atoms with Crippen LogP contribution in [0.2, 0.25) is 0 Å². The highest BCUT2D eigenvalue weighted by molar-refractivity contribution is 7.09. The van der Waals surface area contributed by atoms with E-state index in [9.17, 15) is 4.79 Å². The number of thiophene rings is 1. The lowest BCUT2D eigenvalue weighted by Gasteiger charge is -2.22. The van der Waals surface area contributed by atoms with E-state index in [1.807, 2.05) is 78.2 Å². The maximum absolute atomic E-state index is 12.7. The van der Waals surface area contributed by atoms with Gasteiger partial charge in [-0.15, -0.1) is 11.3 Å². The van der Waals surface area contributed by atoms with E-state index < -0.39 is 0 Å². The number of rotatable bonds is 7. The molecule has 24 heavy (non-hydrogen) atoms. The van der Waals surface area contributed by atoms with E-state index in [2.05, 4.69) is 0 Å². The van der Waals surface area contributed by atoms with Gasteiger partial charge in [-0.05, 0) is 29.1 Å². The summed E-state index contributed by atoms with van der Waals surface area (Å²) < 4.78 is 5.62. The normalized spacial score (nSPS) is 10.5. The van der Waals surface area contributed by atoms with Crippen LogP contribution in [0.25, 0.3) is 0 Å². The summed E-state index contributed by atoms with van der Waals surface area (Å²) in [5.74, 6) is -0.0365. The molecule has 3 aromatic rings. The standard InChI is InChI=1S/C20H19NO2S/c22-20(16-23-15-17-8-3-1-4-9-17)21(14-19-12-7-13-24-19)18-10-5-2-6-11-18/h1-13H,14-16H2. The monoisotopic (exact) mass is 337 g/mol. The van der Waals surface area contributed by atoms with Crippen LogP contribution >= 0.6 is 11.3 Å². The molecular weight excluding hydrogens is 318 g/mol. The fourth-order valence-corrected chi connectivity index (χ4v) is 3.09. The quantitative estimate of drug-likeness (QED) is 0.635. The van der Waals surface area contributed by atoms with E-state index in [4.69, 9.17) is 4.74 Å². The molecule has 0 aliphatic rings. The Bertz CT molecular complexity index is 742. The van der Waals surface area contributed by atoms with Crippen LogP contribution in [0, 0.1) is 0 Å². The van der Waals surface area contributed by atoms with Gasteiger partial charge >= 0.3 is 0 Å². The van der Waals surface area contributed by atoms with E-state index in [0.29, 0.717) is 13.2 Å². The minimum atomic E-state index is -0.0365. The van der Waals surface area contributed by atoms with Gasteiger partial charge in [0.25, 0.3) is 5.91 Å². The number of carbonyl (C=O) groups excluding carboxylic acids is 1. The first-order valence-corrected chi connectivity index (χ1v) is 8.70. The summed E-state index contributed by atoms with van der Waals surface area (Å²) in [7, 11) is 0. The summed E-state index contributed by atoms with van der Waals surface area (Å²) in [5, 5.41) is 2.02. The van der Waals surface area contributed by atoms with E-state index in [1.165, 1.54) is 0 Å². The number of benzene rings is 2. The topological polar surface area (TPSA) is 29.5 Å². The first-order chi connectivity index (χ1) is 11.8. The average molecular weight is 337 g/mol. The van der Waals surface area contributed by atoms with Crippen LogP contribution in [-0.4, -0.2) is 12.5 Å². The van der Waals surface area contributed by atoms with Crippen LogP contribution < -0.4 is 4.90 Å². The zero-order chi connectivity index (χ0) is 16.6. The fraction of sp³-hybridized carbons (Fsp3) is 0.150. The molecule has 0 fully saturated rings. The largest absolute Gasteiger partial charge is 0.367 e. The van der Waals surface area contributed by atoms with E-state index in [1.54, 1.807) is 16.2 Å². The van der Waals surface area contributed by atoms with Crippen molar-refractivity contribution in [1.82, 2.24) is 0 Å². The van der Waals surface area contributed by atoms with Gasteiger partial charge in [-0.2, -0.15) is 0 Å². The minimum absolute atomic E-state index is 0.0365. The Hall–Kier alpha value is -2.43. The van der Waals surface area contributed by atoms with Gasteiger partial charge in [0.15, 0.2) is 0 Å². The third-order valence-electron chi connectivity index (χ3n) is 3.60. The van der Waals surface area contributed by atoms with Crippen LogP contribution in [0.1, 0.15) is 10.4 Å². The van der Waals surface area contributed by atoms with E-state index >= 15 is 0 Å². The summed E-state index contributed by atoms with van der Waals surface area (Å²) in [4.78, 5) is 15.6. The highest BCUT2D eigenvalue weighted by atomic mass is 32.1. The van der Waals surface area contributed by atoms with Gasteiger partial charge in [0.05, 0.1) is 13.2 Å². The molecule has 0 aliphatic heterocycles. The zero-order valence-electron chi connectivity index (χ0n) is 13.3. The fourth-order valence-electron chi connectivity index (χ4n) is 2.40. The third kappa shape index (κ3) is 4.54. The van der Waals surface area contributed by atoms with Crippen molar-refractivity contribution in [3.63, 3.8) is 0 Å². The predicted octanol–water partition coefficient (Wildman–Crippen LogP) is 4.50. The van der Waals surface area contributed by atoms with Gasteiger partial charge < -0.3 is 9.64 Å². The van der Waals surface area contributed by atoms with Crippen molar-refractivity contribution in [2.75, 3.05) is 11.5 Å². The summed E-state index contributed by atoms with van der Waals surface area (Å²) in [6.45, 7) is 1.07. The van der Waals surface area contributed by atoms with Crippen molar-refractivity contribution >= 4 is 22.9 Å². The molecule has 1 aromatic heterocycles. The Kier molecular flexibility index (Phi) is 5.77. The van der Waals surface area contributed by atoms with Crippen LogP contribution in [0.3, 0.4) is 0 Å². The molecule has 3 nitrogen and oxygen atoms in total. The predicted molar refractivity (Wildman–Crippen MR) is 98.0 cm³/mol. The van der Waals surface area contributed by atoms with Crippen LogP contribution in [-0.2, 0) is 22.7 Å². The molecule has 0 spiro atoms. The van der Waals surface area contributed by atoms with Crippen LogP contribution in [0.5, 0.6) is 0 Å². The summed E-state index contributed by atoms with van der Waals surface area (Å²) in [6, 6.07) is 23.6. The van der Waals surface area contributed by atoms with E-state index in [0.717, 1.165) is 16.1 Å². The summed E-state index contributed by atoms with van der Waals surface area (Å²) in [5.41, 5.74) is 1.95. The van der Waals surface area contributed by atoms with E-state index in [-0.39, 0.29) is 12.5 Å². The second kappa shape index (κ2) is 8.43. The molecule has 0 atom stereocenters. The number of hydrogen-bond acceptors (Lipinski definition) is 3. The number of amides is 1. The number of nitrogens with zero attached hydrogens (tertiary/aromatic N) is 1. The second-order valence-corrected chi connectivity index (χ2v) is 6.41. The Morgan fingerprint density at radius 3 is 2.29 bits per heavy atom. The third-order valence-corrected chi connectivity index (χ3v) is 4.46. The highest BCUT2D eigenvalue weighted by Crippen LogP contribution is 2.19. The smallest absolute Gasteiger partial charge is 0.253 e. The lowest BCUT2D eigenvalue weighted by atomic mass is 10.2. The van der Waals surface area contributed by atoms with Crippen molar-refractivity contribution in [3.05, 3.63) is 88.6 Å². The van der Waals surface area contributed by atoms with Gasteiger partial charge in [-0.1, -0.05) is 54.6 Å². The molecule has 0 bridgehead atoms. The molecule has 0 unspecified atom stereocenters. The maximum Gasteiger partial charge on any atom is 0.253 e. The van der Waals surface area contributed by atoms with Crippen molar-refractivity contribution in [1.29, 1.82) is 0 Å². The SMILES string of the molecule is O=C(COCc1ccccc1)N(Cc1cccs1)c1ccccc1. The van der Waals surface area contributed by atoms with Crippen LogP contribution in [0.15, 0.2) is 78.2 Å². The van der Waals surface area contributed by atoms with Crippen molar-refractivity contribution in [2.45, 2.75) is 13.2 Å². The van der Waals surface area contributed by atoms with Crippen molar-refractivity contribution in [2.24, 2.45) is 0 Å². The summed E-state index contributed by atoms with van der Waals surface area (Å²) in [6.07, 6.45) is 0. The molecule has 2 aromatic carbocycles. The van der Waals surface area contributed by atoms with Gasteiger partial charge in [-0.25, -0.2) is 0 Å². The Morgan fingerprint density at radius 2 is 1.62 bits per heavy atom. The molecule has 0 saturated carbocycles. The van der Waals surface area contributed by atoms with Gasteiger partial charge in [0.2, 0.25) is 0 Å². The molecule has 3 rings (SSSR count). The lowest BCUT2D eigenvalue weighted by molar-refractivity contribution is -0.123. The van der Waals surface area contributed by atoms with Crippen LogP contribution in [0.4, 0.5) is 5.69 Å². The first-order valence-electron chi connectivity index (χ1n) is 7.82. The zero-order valence-corrected chi connectivity index (χ0v) is 14.1. The van der Waals surface area contributed by atoms with Crippen molar-refractivity contribution < 1.29 is 9.53 Å². The number of para-hydroxylation sites is 1. The maximum atomic E-state index is 12.7. The highest BCUT2D eigenvalue weighted by Gasteiger charge is 2.16. The van der Waals surface area contributed by atoms with Gasteiger partial charge in [0, 0.05) is 10.6 Å². The van der Waals surface area contributed by atoms with Gasteiger partial charge in [-0.3, -0.25) is 4.79 Å². The van der Waals surface area contributed by atoms with Crippen molar-refractivity contribution in [3.8, 4) is 0 Å². The molecule has 122 valence electrons. The molecule has 4 heteroatoms. The molecular formula is C20H19NO2S. The molecule has 1 heterocycles. The lowest BCUT2D eigenvalue weighted by Crippen LogP contribution is -2.33. The molecule has 1 amide bonds. The molecule has 0 N–H and O–H groups in total. The first kappa shape index (κ1) is 16.4. The summed E-state index contributed by atoms with van der Waals surface area (Å²) >= 11 is 1.65. The number of anilines is 1. The second-order valence-electron chi connectivity index (χ2n) is 5.37.